The fourth-order valence-electron chi connectivity index (χ4n) is 8.67. The number of para-hydroxylation sites is 1. The minimum Gasteiger partial charge on any atom is -0.456 e. The lowest BCUT2D eigenvalue weighted by atomic mass is 9.92. The maximum atomic E-state index is 6.53. The molecular weight excluding hydrogens is 719 g/mol. The summed E-state index contributed by atoms with van der Waals surface area (Å²) in [6.45, 7) is 0. The van der Waals surface area contributed by atoms with Crippen LogP contribution < -0.4 is 0 Å². The first-order chi connectivity index (χ1) is 29.2. The van der Waals surface area contributed by atoms with E-state index in [1.165, 1.54) is 16.2 Å². The van der Waals surface area contributed by atoms with E-state index >= 15 is 0 Å². The van der Waals surface area contributed by atoms with Crippen molar-refractivity contribution in [2.24, 2.45) is 0 Å². The number of hydrogen-bond acceptors (Lipinski definition) is 4. The Kier molecular flexibility index (Phi) is 7.50. The monoisotopic (exact) mass is 751 g/mol. The Labute approximate surface area is 339 Å². The van der Waals surface area contributed by atoms with Gasteiger partial charge in [-0.25, -0.2) is 15.0 Å². The first-order valence-corrected chi connectivity index (χ1v) is 19.9. The quantitative estimate of drug-likeness (QED) is 0.176. The van der Waals surface area contributed by atoms with E-state index in [9.17, 15) is 0 Å². The van der Waals surface area contributed by atoms with Gasteiger partial charge in [-0.1, -0.05) is 158 Å². The number of benzene rings is 10. The van der Waals surface area contributed by atoms with Crippen LogP contribution in [0.5, 0.6) is 0 Å². The topological polar surface area (TPSA) is 51.8 Å². The molecule has 2 heterocycles. The molecule has 0 saturated heterocycles. The van der Waals surface area contributed by atoms with E-state index in [4.69, 9.17) is 19.4 Å². The van der Waals surface area contributed by atoms with Crippen LogP contribution in [0.2, 0.25) is 0 Å². The van der Waals surface area contributed by atoms with Crippen molar-refractivity contribution in [3.05, 3.63) is 200 Å². The number of furan rings is 1. The minimum atomic E-state index is 0.631. The average Bonchev–Trinajstić information content (AvgIpc) is 3.69. The Bertz CT molecular complexity index is 3630. The number of rotatable bonds is 5. The van der Waals surface area contributed by atoms with Gasteiger partial charge in [-0.2, -0.15) is 0 Å². The zero-order valence-electron chi connectivity index (χ0n) is 31.8. The Morgan fingerprint density at radius 3 is 1.47 bits per heavy atom. The third-order valence-electron chi connectivity index (χ3n) is 11.6. The van der Waals surface area contributed by atoms with Crippen molar-refractivity contribution in [1.82, 2.24) is 15.0 Å². The van der Waals surface area contributed by atoms with Crippen LogP contribution in [0.4, 0.5) is 0 Å². The molecule has 0 unspecified atom stereocenters. The van der Waals surface area contributed by atoms with Gasteiger partial charge in [0.15, 0.2) is 17.5 Å². The van der Waals surface area contributed by atoms with Gasteiger partial charge in [-0.3, -0.25) is 0 Å². The van der Waals surface area contributed by atoms with Gasteiger partial charge in [-0.15, -0.1) is 0 Å². The third-order valence-corrected chi connectivity index (χ3v) is 11.6. The molecule has 274 valence electrons. The molecule has 0 aliphatic carbocycles. The normalized spacial score (nSPS) is 11.7. The Morgan fingerprint density at radius 2 is 0.763 bits per heavy atom. The minimum absolute atomic E-state index is 0.631. The first-order valence-electron chi connectivity index (χ1n) is 19.9. The van der Waals surface area contributed by atoms with Crippen molar-refractivity contribution in [2.75, 3.05) is 0 Å². The standard InChI is InChI=1S/C55H33N3O/c1-3-13-37-28-41(22-20-34(37)10-1)45-32-49(52-48-17-7-8-19-50(48)59-51(52)33-45)42-25-23-40-31-44(27-24-39(40)29-42)54-56-53(43-26-21-35-11-2-4-14-38(35)30-43)57-55(58-54)47-18-9-15-36-12-5-6-16-46(36)47/h1-33H. The highest BCUT2D eigenvalue weighted by molar-refractivity contribution is 6.14. The second-order valence-corrected chi connectivity index (χ2v) is 15.2. The van der Waals surface area contributed by atoms with E-state index < -0.39 is 0 Å². The lowest BCUT2D eigenvalue weighted by Gasteiger charge is -2.12. The van der Waals surface area contributed by atoms with Crippen molar-refractivity contribution in [1.29, 1.82) is 0 Å². The highest BCUT2D eigenvalue weighted by atomic mass is 16.3. The second-order valence-electron chi connectivity index (χ2n) is 15.2. The Balaban J connectivity index is 1.00. The molecule has 4 nitrogen and oxygen atoms in total. The van der Waals surface area contributed by atoms with Crippen LogP contribution in [0.15, 0.2) is 205 Å². The van der Waals surface area contributed by atoms with Gasteiger partial charge < -0.3 is 4.42 Å². The molecule has 0 aliphatic rings. The van der Waals surface area contributed by atoms with Crippen molar-refractivity contribution >= 4 is 65.0 Å². The molecule has 0 N–H and O–H groups in total. The molecule has 2 aromatic heterocycles. The first kappa shape index (κ1) is 33.2. The van der Waals surface area contributed by atoms with Gasteiger partial charge in [0.2, 0.25) is 0 Å². The highest BCUT2D eigenvalue weighted by Crippen LogP contribution is 2.41. The van der Waals surface area contributed by atoms with Gasteiger partial charge in [0, 0.05) is 27.5 Å². The van der Waals surface area contributed by atoms with Crippen LogP contribution in [0.3, 0.4) is 0 Å². The smallest absolute Gasteiger partial charge is 0.164 e. The molecule has 0 atom stereocenters. The van der Waals surface area contributed by atoms with Crippen LogP contribution in [0, 0.1) is 0 Å². The largest absolute Gasteiger partial charge is 0.456 e. The second kappa shape index (κ2) is 13.3. The Hall–Kier alpha value is -7.95. The fourth-order valence-corrected chi connectivity index (χ4v) is 8.67. The maximum Gasteiger partial charge on any atom is 0.164 e. The molecule has 4 heteroatoms. The summed E-state index contributed by atoms with van der Waals surface area (Å²) in [5, 5.41) is 11.5. The number of nitrogens with zero attached hydrogens (tertiary/aromatic N) is 3. The van der Waals surface area contributed by atoms with E-state index in [0.717, 1.165) is 87.8 Å². The molecule has 0 spiro atoms. The summed E-state index contributed by atoms with van der Waals surface area (Å²) < 4.78 is 6.53. The fraction of sp³-hybridized carbons (Fsp3) is 0. The lowest BCUT2D eigenvalue weighted by Crippen LogP contribution is -2.00. The van der Waals surface area contributed by atoms with Gasteiger partial charge in [-0.05, 0) is 108 Å². The summed E-state index contributed by atoms with van der Waals surface area (Å²) in [4.78, 5) is 15.4. The Morgan fingerprint density at radius 1 is 0.271 bits per heavy atom. The zero-order valence-corrected chi connectivity index (χ0v) is 31.8. The lowest BCUT2D eigenvalue weighted by molar-refractivity contribution is 0.669. The average molecular weight is 752 g/mol. The van der Waals surface area contributed by atoms with Crippen LogP contribution >= 0.6 is 0 Å². The zero-order chi connectivity index (χ0) is 38.9. The summed E-state index contributed by atoms with van der Waals surface area (Å²) >= 11 is 0. The summed E-state index contributed by atoms with van der Waals surface area (Å²) in [6.07, 6.45) is 0. The van der Waals surface area contributed by atoms with Gasteiger partial charge in [0.1, 0.15) is 11.2 Å². The van der Waals surface area contributed by atoms with E-state index in [2.05, 4.69) is 194 Å². The summed E-state index contributed by atoms with van der Waals surface area (Å²) in [6, 6.07) is 70.7. The molecule has 12 aromatic rings. The molecule has 0 amide bonds. The third kappa shape index (κ3) is 5.73. The number of hydrogen-bond donors (Lipinski definition) is 0. The summed E-state index contributed by atoms with van der Waals surface area (Å²) in [5.74, 6) is 1.92. The van der Waals surface area contributed by atoms with Crippen molar-refractivity contribution in [3.63, 3.8) is 0 Å². The SMILES string of the molecule is c1ccc2cc(-c3cc(-c4ccc5cc(-c6nc(-c7ccc8ccccc8c7)nc(-c7cccc8ccccc78)n6)ccc5c4)c4c(c3)oc3ccccc34)ccc2c1. The van der Waals surface area contributed by atoms with E-state index in [1.54, 1.807) is 0 Å². The molecule has 59 heavy (non-hydrogen) atoms. The van der Waals surface area contributed by atoms with Gasteiger partial charge in [0.25, 0.3) is 0 Å². The molecule has 12 rings (SSSR count). The summed E-state index contributed by atoms with van der Waals surface area (Å²) in [5.41, 5.74) is 9.15. The van der Waals surface area contributed by atoms with E-state index in [0.29, 0.717) is 17.5 Å². The molecule has 10 aromatic carbocycles. The van der Waals surface area contributed by atoms with Crippen LogP contribution in [0.25, 0.3) is 121 Å². The van der Waals surface area contributed by atoms with Crippen LogP contribution in [-0.2, 0) is 0 Å². The van der Waals surface area contributed by atoms with Crippen molar-refractivity contribution in [2.45, 2.75) is 0 Å². The molecule has 0 aliphatic heterocycles. The van der Waals surface area contributed by atoms with Gasteiger partial charge in [0.05, 0.1) is 0 Å². The predicted octanol–water partition coefficient (Wildman–Crippen LogP) is 14.7. The van der Waals surface area contributed by atoms with Crippen molar-refractivity contribution in [3.8, 4) is 56.4 Å². The van der Waals surface area contributed by atoms with Crippen LogP contribution in [0.1, 0.15) is 0 Å². The van der Waals surface area contributed by atoms with E-state index in [-0.39, 0.29) is 0 Å². The highest BCUT2D eigenvalue weighted by Gasteiger charge is 2.18. The maximum absolute atomic E-state index is 6.53. The predicted molar refractivity (Wildman–Crippen MR) is 244 cm³/mol. The molecule has 0 fully saturated rings. The van der Waals surface area contributed by atoms with Crippen molar-refractivity contribution < 1.29 is 4.42 Å². The molecular formula is C55H33N3O. The molecule has 0 radical (unpaired) electrons. The summed E-state index contributed by atoms with van der Waals surface area (Å²) in [7, 11) is 0. The number of fused-ring (bicyclic) bond motifs is 7. The molecule has 0 bridgehead atoms. The van der Waals surface area contributed by atoms with Gasteiger partial charge >= 0.3 is 0 Å². The number of aromatic nitrogens is 3. The molecule has 0 saturated carbocycles. The van der Waals surface area contributed by atoms with E-state index in [1.807, 2.05) is 6.07 Å². The van der Waals surface area contributed by atoms with Crippen LogP contribution in [-0.4, -0.2) is 15.0 Å².